The van der Waals surface area contributed by atoms with Crippen LogP contribution in [0.15, 0.2) is 66.9 Å². The zero-order valence-electron chi connectivity index (χ0n) is 25.5. The first-order valence-corrected chi connectivity index (χ1v) is 14.7. The van der Waals surface area contributed by atoms with Crippen molar-refractivity contribution in [2.24, 2.45) is 5.92 Å². The van der Waals surface area contributed by atoms with Crippen molar-refractivity contribution in [3.63, 3.8) is 0 Å². The van der Waals surface area contributed by atoms with Crippen LogP contribution < -0.4 is 10.6 Å². The molecule has 0 saturated heterocycles. The summed E-state index contributed by atoms with van der Waals surface area (Å²) < 4.78 is 35.7. The van der Waals surface area contributed by atoms with E-state index in [4.69, 9.17) is 4.74 Å². The molecular weight excluding hydrogens is 564 g/mol. The summed E-state index contributed by atoms with van der Waals surface area (Å²) in [5.74, 6) is -4.15. The minimum Gasteiger partial charge on any atom is -0.466 e. The second kappa shape index (κ2) is 14.2. The van der Waals surface area contributed by atoms with E-state index >= 15 is 8.78 Å². The van der Waals surface area contributed by atoms with Gasteiger partial charge in [0, 0.05) is 17.1 Å². The number of benzene rings is 3. The van der Waals surface area contributed by atoms with Crippen LogP contribution in [0.1, 0.15) is 66.7 Å². The highest BCUT2D eigenvalue weighted by Gasteiger charge is 2.30. The van der Waals surface area contributed by atoms with Gasteiger partial charge in [-0.1, -0.05) is 50.2 Å². The number of fused-ring (bicyclic) bond motifs is 1. The third kappa shape index (κ3) is 7.45. The number of nitrogens with one attached hydrogen (secondary N) is 2. The standard InChI is InChI=1S/C35H37F2N3O4/c1-6-44-30(41)19-28(26-17-24(18-27(36)32(26)37)31-21(4)10-7-11-22(31)5)39-35(43)29(16-20(2)3)40-34(42)25-14-8-12-23-13-9-15-38-33(23)25/h7-15,17-18,20,28-29H,6,16,19H2,1-5H3,(H,39,43)(H,40,42)/t28-,29-/m0/s1. The molecule has 0 aliphatic carbocycles. The van der Waals surface area contributed by atoms with E-state index in [1.807, 2.05) is 58.0 Å². The topological polar surface area (TPSA) is 97.4 Å². The highest BCUT2D eigenvalue weighted by atomic mass is 19.2. The van der Waals surface area contributed by atoms with Crippen molar-refractivity contribution >= 4 is 28.7 Å². The van der Waals surface area contributed by atoms with Gasteiger partial charge >= 0.3 is 5.97 Å². The maximum absolute atomic E-state index is 15.5. The Kier molecular flexibility index (Phi) is 10.4. The average molecular weight is 602 g/mol. The molecule has 0 aliphatic rings. The van der Waals surface area contributed by atoms with Gasteiger partial charge in [0.15, 0.2) is 11.6 Å². The van der Waals surface area contributed by atoms with Gasteiger partial charge in [-0.15, -0.1) is 0 Å². The van der Waals surface area contributed by atoms with Crippen LogP contribution in [-0.2, 0) is 14.3 Å². The van der Waals surface area contributed by atoms with Gasteiger partial charge in [-0.3, -0.25) is 19.4 Å². The Morgan fingerprint density at radius 3 is 2.30 bits per heavy atom. The zero-order valence-corrected chi connectivity index (χ0v) is 25.5. The van der Waals surface area contributed by atoms with Gasteiger partial charge in [-0.05, 0) is 79.6 Å². The molecular formula is C35H37F2N3O4. The van der Waals surface area contributed by atoms with Crippen LogP contribution in [0.2, 0.25) is 0 Å². The minimum atomic E-state index is -1.27. The fourth-order valence-electron chi connectivity index (χ4n) is 5.40. The molecule has 3 aromatic carbocycles. The maximum atomic E-state index is 15.5. The lowest BCUT2D eigenvalue weighted by molar-refractivity contribution is -0.143. The molecule has 0 bridgehead atoms. The van der Waals surface area contributed by atoms with Crippen molar-refractivity contribution in [1.82, 2.24) is 15.6 Å². The van der Waals surface area contributed by atoms with Gasteiger partial charge in [0.1, 0.15) is 6.04 Å². The number of aromatic nitrogens is 1. The maximum Gasteiger partial charge on any atom is 0.308 e. The summed E-state index contributed by atoms with van der Waals surface area (Å²) in [5, 5.41) is 6.28. The van der Waals surface area contributed by atoms with Crippen LogP contribution in [0, 0.1) is 31.4 Å². The largest absolute Gasteiger partial charge is 0.466 e. The molecule has 2 amide bonds. The Hall–Kier alpha value is -4.66. The number of hydrogen-bond acceptors (Lipinski definition) is 5. The number of esters is 1. The Bertz CT molecular complexity index is 1660. The van der Waals surface area contributed by atoms with E-state index in [0.717, 1.165) is 28.1 Å². The molecule has 1 aromatic heterocycles. The number of ether oxygens (including phenoxy) is 1. The van der Waals surface area contributed by atoms with Crippen LogP contribution in [0.5, 0.6) is 0 Å². The number of nitrogens with zero attached hydrogens (tertiary/aromatic N) is 1. The van der Waals surface area contributed by atoms with Crippen molar-refractivity contribution in [2.75, 3.05) is 6.61 Å². The number of carbonyl (C=O) groups is 3. The molecule has 4 rings (SSSR count). The Labute approximate surface area is 256 Å². The SMILES string of the molecule is CCOC(=O)C[C@H](NC(=O)[C@H](CC(C)C)NC(=O)c1cccc2cccnc12)c1cc(-c2c(C)cccc2C)cc(F)c1F. The summed E-state index contributed by atoms with van der Waals surface area (Å²) in [4.78, 5) is 44.2. The van der Waals surface area contributed by atoms with Crippen LogP contribution in [0.4, 0.5) is 8.78 Å². The summed E-state index contributed by atoms with van der Waals surface area (Å²) in [6, 6.07) is 14.6. The summed E-state index contributed by atoms with van der Waals surface area (Å²) >= 11 is 0. The normalized spacial score (nSPS) is 12.5. The van der Waals surface area contributed by atoms with Gasteiger partial charge in [-0.25, -0.2) is 8.78 Å². The monoisotopic (exact) mass is 601 g/mol. The van der Waals surface area contributed by atoms with E-state index in [1.54, 1.807) is 31.3 Å². The third-order valence-electron chi connectivity index (χ3n) is 7.40. The number of rotatable bonds is 11. The van der Waals surface area contributed by atoms with Crippen LogP contribution >= 0.6 is 0 Å². The first-order chi connectivity index (χ1) is 21.0. The molecule has 4 aromatic rings. The molecule has 44 heavy (non-hydrogen) atoms. The smallest absolute Gasteiger partial charge is 0.308 e. The van der Waals surface area contributed by atoms with Crippen LogP contribution in [0.25, 0.3) is 22.0 Å². The molecule has 2 N–H and O–H groups in total. The van der Waals surface area contributed by atoms with Gasteiger partial charge in [0.2, 0.25) is 5.91 Å². The first kappa shape index (κ1) is 32.3. The Morgan fingerprint density at radius 2 is 1.61 bits per heavy atom. The molecule has 7 nitrogen and oxygen atoms in total. The van der Waals surface area contributed by atoms with Crippen molar-refractivity contribution in [1.29, 1.82) is 0 Å². The zero-order chi connectivity index (χ0) is 32.0. The third-order valence-corrected chi connectivity index (χ3v) is 7.40. The molecule has 0 radical (unpaired) electrons. The average Bonchev–Trinajstić information content (AvgIpc) is 2.97. The number of para-hydroxylation sites is 1. The second-order valence-electron chi connectivity index (χ2n) is 11.2. The second-order valence-corrected chi connectivity index (χ2v) is 11.2. The van der Waals surface area contributed by atoms with E-state index in [2.05, 4.69) is 15.6 Å². The van der Waals surface area contributed by atoms with Crippen LogP contribution in [-0.4, -0.2) is 35.4 Å². The summed E-state index contributed by atoms with van der Waals surface area (Å²) in [7, 11) is 0. The number of aryl methyl sites for hydroxylation is 2. The van der Waals surface area contributed by atoms with E-state index in [1.165, 1.54) is 6.07 Å². The lowest BCUT2D eigenvalue weighted by atomic mass is 9.92. The van der Waals surface area contributed by atoms with Crippen molar-refractivity contribution < 1.29 is 27.9 Å². The van der Waals surface area contributed by atoms with E-state index in [-0.39, 0.29) is 24.5 Å². The van der Waals surface area contributed by atoms with Crippen molar-refractivity contribution in [3.8, 4) is 11.1 Å². The van der Waals surface area contributed by atoms with Gasteiger partial charge in [-0.2, -0.15) is 0 Å². The van der Waals surface area contributed by atoms with E-state index < -0.39 is 47.9 Å². The fraction of sp³-hybridized carbons (Fsp3) is 0.314. The number of pyridine rings is 1. The first-order valence-electron chi connectivity index (χ1n) is 14.7. The van der Waals surface area contributed by atoms with Gasteiger partial charge < -0.3 is 15.4 Å². The summed E-state index contributed by atoms with van der Waals surface area (Å²) in [6.45, 7) is 9.22. The Morgan fingerprint density at radius 1 is 0.932 bits per heavy atom. The summed E-state index contributed by atoms with van der Waals surface area (Å²) in [5.41, 5.74) is 3.43. The summed E-state index contributed by atoms with van der Waals surface area (Å²) in [6.07, 6.45) is 1.39. The number of carbonyl (C=O) groups excluding carboxylic acids is 3. The van der Waals surface area contributed by atoms with Crippen LogP contribution in [0.3, 0.4) is 0 Å². The lowest BCUT2D eigenvalue weighted by Gasteiger charge is -2.25. The molecule has 2 atom stereocenters. The molecule has 230 valence electrons. The highest BCUT2D eigenvalue weighted by molar-refractivity contribution is 6.06. The minimum absolute atomic E-state index is 0.0123. The van der Waals surface area contributed by atoms with Crippen molar-refractivity contribution in [2.45, 2.75) is 59.5 Å². The molecule has 0 saturated carbocycles. The predicted molar refractivity (Wildman–Crippen MR) is 166 cm³/mol. The highest BCUT2D eigenvalue weighted by Crippen LogP contribution is 2.33. The lowest BCUT2D eigenvalue weighted by Crippen LogP contribution is -2.48. The molecule has 0 spiro atoms. The van der Waals surface area contributed by atoms with Gasteiger partial charge in [0.25, 0.3) is 5.91 Å². The molecule has 0 fully saturated rings. The van der Waals surface area contributed by atoms with Gasteiger partial charge in [0.05, 0.1) is 30.1 Å². The molecule has 1 heterocycles. The van der Waals surface area contributed by atoms with E-state index in [9.17, 15) is 14.4 Å². The Balaban J connectivity index is 1.70. The quantitative estimate of drug-likeness (QED) is 0.185. The molecule has 9 heteroatoms. The number of hydrogen-bond donors (Lipinski definition) is 2. The number of amides is 2. The molecule has 0 unspecified atom stereocenters. The van der Waals surface area contributed by atoms with Crippen molar-refractivity contribution in [3.05, 3.63) is 101 Å². The van der Waals surface area contributed by atoms with E-state index in [0.29, 0.717) is 16.6 Å². The molecule has 0 aliphatic heterocycles. The predicted octanol–water partition coefficient (Wildman–Crippen LogP) is 6.75. The fourth-order valence-corrected chi connectivity index (χ4v) is 5.40. The number of halogens is 2.